The molecular weight excluding hydrogens is 461 g/mol. The van der Waals surface area contributed by atoms with Gasteiger partial charge in [-0.3, -0.25) is 14.4 Å². The number of rotatable bonds is 7. The Hall–Kier alpha value is -3.27. The van der Waals surface area contributed by atoms with E-state index in [1.807, 2.05) is 17.5 Å². The van der Waals surface area contributed by atoms with E-state index in [9.17, 15) is 23.6 Å². The number of carbonyl (C=O) groups is 4. The summed E-state index contributed by atoms with van der Waals surface area (Å²) >= 11 is 1.48. The summed E-state index contributed by atoms with van der Waals surface area (Å²) in [6.45, 7) is 3.93. The van der Waals surface area contributed by atoms with E-state index in [1.54, 1.807) is 18.7 Å². The number of likely N-dealkylation sites (tertiary alicyclic amines) is 1. The number of thiophene rings is 1. The fourth-order valence-electron chi connectivity index (χ4n) is 4.77. The summed E-state index contributed by atoms with van der Waals surface area (Å²) in [4.78, 5) is 56.4. The molecule has 4 amide bonds. The molecule has 4 rings (SSSR count). The van der Waals surface area contributed by atoms with Crippen LogP contribution in [0.2, 0.25) is 0 Å². The van der Waals surface area contributed by atoms with Crippen LogP contribution in [0.1, 0.15) is 38.0 Å². The van der Waals surface area contributed by atoms with Gasteiger partial charge in [-0.05, 0) is 41.5 Å². The molecule has 0 spiro atoms. The number of hydrogen-bond donors (Lipinski definition) is 1. The van der Waals surface area contributed by atoms with Gasteiger partial charge in [0, 0.05) is 17.8 Å². The molecule has 180 valence electrons. The van der Waals surface area contributed by atoms with E-state index in [4.69, 9.17) is 5.11 Å². The molecule has 0 bridgehead atoms. The van der Waals surface area contributed by atoms with Gasteiger partial charge in [-0.1, -0.05) is 26.0 Å². The molecule has 8 nitrogen and oxygen atoms in total. The van der Waals surface area contributed by atoms with E-state index in [0.717, 1.165) is 15.8 Å². The lowest BCUT2D eigenvalue weighted by atomic mass is 9.85. The Morgan fingerprint density at radius 1 is 1.18 bits per heavy atom. The van der Waals surface area contributed by atoms with Gasteiger partial charge in [0.25, 0.3) is 5.91 Å². The molecular formula is C24H26FN3O5S. The minimum atomic E-state index is -1.00. The van der Waals surface area contributed by atoms with Crippen molar-refractivity contribution in [2.45, 2.75) is 51.7 Å². The van der Waals surface area contributed by atoms with E-state index >= 15 is 0 Å². The Kier molecular flexibility index (Phi) is 6.44. The molecule has 0 radical (unpaired) electrons. The van der Waals surface area contributed by atoms with Gasteiger partial charge in [0.15, 0.2) is 0 Å². The minimum Gasteiger partial charge on any atom is -0.481 e. The molecule has 2 aliphatic rings. The number of aliphatic carboxylic acids is 1. The number of carboxylic acids is 1. The van der Waals surface area contributed by atoms with Gasteiger partial charge >= 0.3 is 12.0 Å². The fourth-order valence-corrected chi connectivity index (χ4v) is 5.47. The fraction of sp³-hybridized carbons (Fsp3) is 0.417. The predicted octanol–water partition coefficient (Wildman–Crippen LogP) is 3.72. The summed E-state index contributed by atoms with van der Waals surface area (Å²) in [6, 6.07) is 7.03. The highest BCUT2D eigenvalue weighted by Crippen LogP contribution is 2.36. The molecule has 0 saturated carbocycles. The molecule has 2 saturated heterocycles. The van der Waals surface area contributed by atoms with Crippen molar-refractivity contribution in [1.29, 1.82) is 0 Å². The average Bonchev–Trinajstić information content (AvgIpc) is 3.40. The molecule has 1 N–H and O–H groups in total. The molecule has 2 fully saturated rings. The first-order valence-electron chi connectivity index (χ1n) is 11.0. The van der Waals surface area contributed by atoms with E-state index in [-0.39, 0.29) is 37.5 Å². The Balaban J connectivity index is 1.67. The average molecular weight is 488 g/mol. The number of fused-ring (bicyclic) bond motifs is 1. The highest BCUT2D eigenvalue weighted by molar-refractivity contribution is 7.09. The SMILES string of the molecule is CC(C)(CC(=O)O)CC(=O)N1CCC2C1C(=O)N(c1cccc(F)c1)C(=O)N2Cc1cccs1. The van der Waals surface area contributed by atoms with Crippen molar-refractivity contribution in [2.75, 3.05) is 11.4 Å². The van der Waals surface area contributed by atoms with Crippen LogP contribution in [-0.4, -0.2) is 57.3 Å². The quantitative estimate of drug-likeness (QED) is 0.642. The van der Waals surface area contributed by atoms with Crippen LogP contribution in [0.25, 0.3) is 0 Å². The number of amides is 4. The van der Waals surface area contributed by atoms with Gasteiger partial charge in [0.2, 0.25) is 5.91 Å². The maximum atomic E-state index is 14.0. The lowest BCUT2D eigenvalue weighted by molar-refractivity contribution is -0.143. The summed E-state index contributed by atoms with van der Waals surface area (Å²) in [6.07, 6.45) is 0.192. The monoisotopic (exact) mass is 487 g/mol. The van der Waals surface area contributed by atoms with E-state index < -0.39 is 41.2 Å². The Labute approximate surface area is 200 Å². The van der Waals surface area contributed by atoms with Crippen LogP contribution in [0.5, 0.6) is 0 Å². The van der Waals surface area contributed by atoms with E-state index in [0.29, 0.717) is 6.42 Å². The Morgan fingerprint density at radius 2 is 1.94 bits per heavy atom. The number of hydrogen-bond acceptors (Lipinski definition) is 5. The highest BCUT2D eigenvalue weighted by atomic mass is 32.1. The second-order valence-electron chi connectivity index (χ2n) is 9.44. The zero-order valence-corrected chi connectivity index (χ0v) is 19.8. The second kappa shape index (κ2) is 9.17. The topological polar surface area (TPSA) is 98.2 Å². The zero-order valence-electron chi connectivity index (χ0n) is 18.9. The molecule has 1 aromatic heterocycles. The normalized spacial score (nSPS) is 20.6. The van der Waals surface area contributed by atoms with Crippen LogP contribution >= 0.6 is 11.3 Å². The molecule has 1 aromatic carbocycles. The summed E-state index contributed by atoms with van der Waals surface area (Å²) < 4.78 is 14.0. The van der Waals surface area contributed by atoms with Crippen molar-refractivity contribution in [1.82, 2.24) is 9.80 Å². The van der Waals surface area contributed by atoms with Crippen molar-refractivity contribution < 1.29 is 28.7 Å². The van der Waals surface area contributed by atoms with Gasteiger partial charge in [-0.25, -0.2) is 14.1 Å². The number of halogens is 1. The molecule has 3 heterocycles. The molecule has 34 heavy (non-hydrogen) atoms. The van der Waals surface area contributed by atoms with Crippen LogP contribution < -0.4 is 4.90 Å². The molecule has 2 unspecified atom stereocenters. The van der Waals surface area contributed by atoms with Gasteiger partial charge in [0.05, 0.1) is 24.7 Å². The maximum Gasteiger partial charge on any atom is 0.332 e. The van der Waals surface area contributed by atoms with E-state index in [2.05, 4.69) is 0 Å². The number of carbonyl (C=O) groups excluding carboxylic acids is 3. The molecule has 0 aliphatic carbocycles. The summed E-state index contributed by atoms with van der Waals surface area (Å²) in [7, 11) is 0. The molecule has 2 atom stereocenters. The molecule has 10 heteroatoms. The first-order chi connectivity index (χ1) is 16.1. The third-order valence-electron chi connectivity index (χ3n) is 6.23. The van der Waals surface area contributed by atoms with Gasteiger partial charge < -0.3 is 14.9 Å². The van der Waals surface area contributed by atoms with Gasteiger partial charge in [-0.2, -0.15) is 0 Å². The maximum absolute atomic E-state index is 14.0. The first kappa shape index (κ1) is 23.9. The van der Waals surface area contributed by atoms with Crippen molar-refractivity contribution in [3.63, 3.8) is 0 Å². The highest BCUT2D eigenvalue weighted by Gasteiger charge is 2.54. The van der Waals surface area contributed by atoms with Crippen LogP contribution in [0.4, 0.5) is 14.9 Å². The number of nitrogens with zero attached hydrogens (tertiary/aromatic N) is 3. The van der Waals surface area contributed by atoms with Gasteiger partial charge in [0.1, 0.15) is 11.9 Å². The summed E-state index contributed by atoms with van der Waals surface area (Å²) in [5.41, 5.74) is -0.692. The third kappa shape index (κ3) is 4.68. The summed E-state index contributed by atoms with van der Waals surface area (Å²) in [5, 5.41) is 11.1. The zero-order chi connectivity index (χ0) is 24.6. The van der Waals surface area contributed by atoms with Crippen molar-refractivity contribution >= 4 is 40.8 Å². The van der Waals surface area contributed by atoms with Crippen LogP contribution in [-0.2, 0) is 20.9 Å². The van der Waals surface area contributed by atoms with Crippen molar-refractivity contribution in [3.8, 4) is 0 Å². The number of benzene rings is 1. The number of imide groups is 1. The number of carboxylic acid groups (broad SMARTS) is 1. The number of anilines is 1. The largest absolute Gasteiger partial charge is 0.481 e. The standard InChI is InChI=1S/C24H26FN3O5S/c1-24(2,13-20(30)31)12-19(29)26-9-8-18-21(26)22(32)28(16-6-3-5-15(25)11-16)23(33)27(18)14-17-7-4-10-34-17/h3-7,10-11,18,21H,8-9,12-14H2,1-2H3,(H,30,31). The Bertz CT molecular complexity index is 1120. The lowest BCUT2D eigenvalue weighted by Crippen LogP contribution is -2.66. The second-order valence-corrected chi connectivity index (χ2v) is 10.5. The Morgan fingerprint density at radius 3 is 2.59 bits per heavy atom. The molecule has 2 aromatic rings. The van der Waals surface area contributed by atoms with Crippen LogP contribution in [0.3, 0.4) is 0 Å². The van der Waals surface area contributed by atoms with Crippen LogP contribution in [0, 0.1) is 11.2 Å². The number of urea groups is 1. The van der Waals surface area contributed by atoms with Crippen molar-refractivity contribution in [2.24, 2.45) is 5.41 Å². The van der Waals surface area contributed by atoms with E-state index in [1.165, 1.54) is 34.4 Å². The first-order valence-corrected chi connectivity index (χ1v) is 11.9. The lowest BCUT2D eigenvalue weighted by Gasteiger charge is -2.43. The van der Waals surface area contributed by atoms with Gasteiger partial charge in [-0.15, -0.1) is 11.3 Å². The van der Waals surface area contributed by atoms with Crippen LogP contribution in [0.15, 0.2) is 41.8 Å². The summed E-state index contributed by atoms with van der Waals surface area (Å²) in [5.74, 6) is -2.50. The third-order valence-corrected chi connectivity index (χ3v) is 7.09. The smallest absolute Gasteiger partial charge is 0.332 e. The van der Waals surface area contributed by atoms with Crippen molar-refractivity contribution in [3.05, 3.63) is 52.5 Å². The predicted molar refractivity (Wildman–Crippen MR) is 124 cm³/mol. The molecule has 2 aliphatic heterocycles. The minimum absolute atomic E-state index is 0.0470.